The Labute approximate surface area is 122 Å². The second kappa shape index (κ2) is 6.71. The average Bonchev–Trinajstić information content (AvgIpc) is 2.75. The number of methoxy groups -OCH3 is 1. The predicted octanol–water partition coefficient (Wildman–Crippen LogP) is 0.330. The molecule has 6 heteroatoms. The van der Waals surface area contributed by atoms with Crippen LogP contribution in [0.15, 0.2) is 24.3 Å². The Balaban J connectivity index is 2.20. The van der Waals surface area contributed by atoms with E-state index in [0.29, 0.717) is 25.4 Å². The molecule has 0 saturated carbocycles. The molecule has 114 valence electrons. The summed E-state index contributed by atoms with van der Waals surface area (Å²) in [4.78, 5) is 12.6. The number of carbonyl (C=O) groups is 1. The number of ether oxygens (including phenoxy) is 1. The Bertz CT molecular complexity index is 533. The molecule has 1 fully saturated rings. The number of carboxylic acid groups (broad SMARTS) is 1. The molecule has 2 unspecified atom stereocenters. The molecule has 0 radical (unpaired) electrons. The number of aliphatic carboxylic acids is 1. The van der Waals surface area contributed by atoms with Crippen molar-refractivity contribution in [2.75, 3.05) is 20.2 Å². The first-order chi connectivity index (χ1) is 9.99. The molecule has 0 aromatic heterocycles. The van der Waals surface area contributed by atoms with Crippen LogP contribution < -0.4 is 4.74 Å². The fourth-order valence-electron chi connectivity index (χ4n) is 2.39. The van der Waals surface area contributed by atoms with E-state index in [1.807, 2.05) is 11.0 Å². The predicted molar refractivity (Wildman–Crippen MR) is 77.0 cm³/mol. The Kier molecular flexibility index (Phi) is 4.95. The van der Waals surface area contributed by atoms with E-state index in [1.165, 1.54) is 6.08 Å². The largest absolute Gasteiger partial charge is 0.497 e. The van der Waals surface area contributed by atoms with Crippen LogP contribution in [0.3, 0.4) is 0 Å². The molecular formula is C15H19NO5. The molecule has 0 amide bonds. The lowest BCUT2D eigenvalue weighted by molar-refractivity contribution is -0.131. The van der Waals surface area contributed by atoms with Crippen LogP contribution in [0.25, 0.3) is 6.08 Å². The summed E-state index contributed by atoms with van der Waals surface area (Å²) in [6.07, 6.45) is 1.13. The third kappa shape index (κ3) is 4.04. The van der Waals surface area contributed by atoms with Crippen molar-refractivity contribution in [2.45, 2.75) is 18.8 Å². The summed E-state index contributed by atoms with van der Waals surface area (Å²) in [6, 6.07) is 5.38. The van der Waals surface area contributed by atoms with E-state index in [4.69, 9.17) is 9.84 Å². The van der Waals surface area contributed by atoms with Crippen molar-refractivity contribution in [2.24, 2.45) is 0 Å². The van der Waals surface area contributed by atoms with Gasteiger partial charge < -0.3 is 20.1 Å². The van der Waals surface area contributed by atoms with Gasteiger partial charge in [-0.1, -0.05) is 6.07 Å². The summed E-state index contributed by atoms with van der Waals surface area (Å²) in [5.74, 6) is -0.332. The van der Waals surface area contributed by atoms with Crippen LogP contribution in [0, 0.1) is 0 Å². The molecular weight excluding hydrogens is 274 g/mol. The van der Waals surface area contributed by atoms with Gasteiger partial charge in [0.05, 0.1) is 19.3 Å². The minimum atomic E-state index is -1.01. The summed E-state index contributed by atoms with van der Waals surface area (Å²) in [5.41, 5.74) is 1.65. The van der Waals surface area contributed by atoms with Crippen LogP contribution >= 0.6 is 0 Å². The van der Waals surface area contributed by atoms with Crippen LogP contribution in [-0.4, -0.2) is 58.6 Å². The minimum Gasteiger partial charge on any atom is -0.497 e. The smallest absolute Gasteiger partial charge is 0.328 e. The van der Waals surface area contributed by atoms with Crippen molar-refractivity contribution >= 4 is 12.0 Å². The maximum absolute atomic E-state index is 10.6. The van der Waals surface area contributed by atoms with E-state index >= 15 is 0 Å². The first-order valence-corrected chi connectivity index (χ1v) is 6.66. The van der Waals surface area contributed by atoms with Crippen LogP contribution in [-0.2, 0) is 11.3 Å². The lowest BCUT2D eigenvalue weighted by atomic mass is 10.1. The Morgan fingerprint density at radius 1 is 1.38 bits per heavy atom. The van der Waals surface area contributed by atoms with Crippen molar-refractivity contribution < 1.29 is 24.9 Å². The van der Waals surface area contributed by atoms with Gasteiger partial charge in [0.25, 0.3) is 0 Å². The second-order valence-electron chi connectivity index (χ2n) is 5.07. The zero-order valence-electron chi connectivity index (χ0n) is 11.8. The normalized spacial score (nSPS) is 22.8. The number of hydrogen-bond acceptors (Lipinski definition) is 5. The molecule has 1 heterocycles. The monoisotopic (exact) mass is 293 g/mol. The Hall–Kier alpha value is -1.89. The first-order valence-electron chi connectivity index (χ1n) is 6.66. The maximum atomic E-state index is 10.6. The molecule has 1 aliphatic rings. The molecule has 1 aromatic rings. The number of hydrogen-bond donors (Lipinski definition) is 3. The summed E-state index contributed by atoms with van der Waals surface area (Å²) in [5, 5.41) is 27.9. The van der Waals surface area contributed by atoms with Gasteiger partial charge in [-0.25, -0.2) is 4.79 Å². The third-order valence-electron chi connectivity index (χ3n) is 3.48. The summed E-state index contributed by atoms with van der Waals surface area (Å²) < 4.78 is 5.18. The van der Waals surface area contributed by atoms with Gasteiger partial charge in [0, 0.05) is 25.7 Å². The van der Waals surface area contributed by atoms with Crippen LogP contribution in [0.4, 0.5) is 0 Å². The van der Waals surface area contributed by atoms with E-state index in [0.717, 1.165) is 17.2 Å². The lowest BCUT2D eigenvalue weighted by Crippen LogP contribution is -2.22. The molecule has 1 saturated heterocycles. The number of β-amino-alcohol motifs (C(OH)–C–C–N with tert-alkyl or cyclic N) is 2. The number of rotatable bonds is 5. The highest BCUT2D eigenvalue weighted by Gasteiger charge is 2.29. The van der Waals surface area contributed by atoms with Gasteiger partial charge >= 0.3 is 5.97 Å². The van der Waals surface area contributed by atoms with Crippen molar-refractivity contribution in [1.82, 2.24) is 4.90 Å². The highest BCUT2D eigenvalue weighted by Crippen LogP contribution is 2.22. The van der Waals surface area contributed by atoms with Crippen molar-refractivity contribution in [3.05, 3.63) is 35.4 Å². The van der Waals surface area contributed by atoms with Gasteiger partial charge in [-0.2, -0.15) is 0 Å². The van der Waals surface area contributed by atoms with Gasteiger partial charge in [-0.05, 0) is 29.3 Å². The zero-order valence-corrected chi connectivity index (χ0v) is 11.8. The number of carboxylic acids is 1. The van der Waals surface area contributed by atoms with E-state index in [9.17, 15) is 15.0 Å². The summed E-state index contributed by atoms with van der Waals surface area (Å²) in [7, 11) is 1.56. The van der Waals surface area contributed by atoms with Crippen LogP contribution in [0.5, 0.6) is 5.75 Å². The fourth-order valence-corrected chi connectivity index (χ4v) is 2.39. The zero-order chi connectivity index (χ0) is 15.4. The van der Waals surface area contributed by atoms with Crippen LogP contribution in [0.1, 0.15) is 11.1 Å². The number of aliphatic hydroxyl groups excluding tert-OH is 2. The van der Waals surface area contributed by atoms with Crippen molar-refractivity contribution in [3.8, 4) is 5.75 Å². The average molecular weight is 293 g/mol. The number of aliphatic hydroxyl groups is 2. The molecule has 1 aliphatic heterocycles. The second-order valence-corrected chi connectivity index (χ2v) is 5.07. The summed E-state index contributed by atoms with van der Waals surface area (Å²) >= 11 is 0. The lowest BCUT2D eigenvalue weighted by Gasteiger charge is -2.17. The fraction of sp³-hybridized carbons (Fsp3) is 0.400. The number of likely N-dealkylation sites (tertiary alicyclic amines) is 1. The molecule has 0 bridgehead atoms. The first kappa shape index (κ1) is 15.5. The Morgan fingerprint density at radius 3 is 2.62 bits per heavy atom. The van der Waals surface area contributed by atoms with E-state index in [1.54, 1.807) is 19.2 Å². The Morgan fingerprint density at radius 2 is 2.05 bits per heavy atom. The van der Waals surface area contributed by atoms with Gasteiger partial charge in [0.1, 0.15) is 5.75 Å². The van der Waals surface area contributed by atoms with E-state index in [2.05, 4.69) is 0 Å². The van der Waals surface area contributed by atoms with Crippen molar-refractivity contribution in [1.29, 1.82) is 0 Å². The molecule has 2 atom stereocenters. The van der Waals surface area contributed by atoms with E-state index < -0.39 is 18.2 Å². The van der Waals surface area contributed by atoms with Crippen LogP contribution in [0.2, 0.25) is 0 Å². The molecule has 6 nitrogen and oxygen atoms in total. The SMILES string of the molecule is COc1ccc(/C=C/C(=O)O)c(CN2CC(O)C(O)C2)c1. The number of nitrogens with zero attached hydrogens (tertiary/aromatic N) is 1. The highest BCUT2D eigenvalue weighted by molar-refractivity contribution is 5.85. The number of benzene rings is 1. The van der Waals surface area contributed by atoms with Gasteiger partial charge in [0.2, 0.25) is 0 Å². The molecule has 0 spiro atoms. The standard InChI is InChI=1S/C15H19NO5/c1-21-12-4-2-10(3-5-15(19)20)11(6-12)7-16-8-13(17)14(18)9-16/h2-6,13-14,17-18H,7-9H2,1H3,(H,19,20)/b5-3+. The molecule has 3 N–H and O–H groups in total. The van der Waals surface area contributed by atoms with Gasteiger partial charge in [-0.3, -0.25) is 4.90 Å². The van der Waals surface area contributed by atoms with Crippen molar-refractivity contribution in [3.63, 3.8) is 0 Å². The van der Waals surface area contributed by atoms with Gasteiger partial charge in [0.15, 0.2) is 0 Å². The summed E-state index contributed by atoms with van der Waals surface area (Å²) in [6.45, 7) is 1.28. The molecule has 1 aromatic carbocycles. The van der Waals surface area contributed by atoms with Gasteiger partial charge in [-0.15, -0.1) is 0 Å². The maximum Gasteiger partial charge on any atom is 0.328 e. The molecule has 21 heavy (non-hydrogen) atoms. The molecule has 2 rings (SSSR count). The topological polar surface area (TPSA) is 90.2 Å². The minimum absolute atomic E-state index is 0.389. The quantitative estimate of drug-likeness (QED) is 0.678. The highest BCUT2D eigenvalue weighted by atomic mass is 16.5. The third-order valence-corrected chi connectivity index (χ3v) is 3.48. The van der Waals surface area contributed by atoms with E-state index in [-0.39, 0.29) is 0 Å². The molecule has 0 aliphatic carbocycles.